The van der Waals surface area contributed by atoms with Crippen molar-refractivity contribution < 1.29 is 26.7 Å². The van der Waals surface area contributed by atoms with Crippen LogP contribution in [0, 0.1) is 0 Å². The first-order valence-electron chi connectivity index (χ1n) is 5.31. The van der Waals surface area contributed by atoms with Crippen LogP contribution < -0.4 is 5.73 Å². The maximum atomic E-state index is 12.4. The van der Waals surface area contributed by atoms with Crippen molar-refractivity contribution in [2.75, 3.05) is 25.4 Å². The molecule has 0 heterocycles. The molecule has 0 bridgehead atoms. The molecule has 1 aromatic rings. The first-order chi connectivity index (χ1) is 9.09. The highest BCUT2D eigenvalue weighted by Crippen LogP contribution is 2.31. The van der Waals surface area contributed by atoms with Crippen molar-refractivity contribution in [1.29, 1.82) is 0 Å². The van der Waals surface area contributed by atoms with Gasteiger partial charge in [0.25, 0.3) is 0 Å². The van der Waals surface area contributed by atoms with Crippen LogP contribution in [0.4, 0.5) is 18.9 Å². The molecule has 1 rings (SSSR count). The smallest absolute Gasteiger partial charge is 0.398 e. The van der Waals surface area contributed by atoms with Gasteiger partial charge in [0.15, 0.2) is 0 Å². The number of aliphatic hydroxyl groups excluding tert-OH is 1. The molecule has 0 aliphatic rings. The van der Waals surface area contributed by atoms with E-state index in [-0.39, 0.29) is 15.0 Å². The van der Waals surface area contributed by atoms with E-state index in [0.29, 0.717) is 0 Å². The van der Waals surface area contributed by atoms with Crippen molar-refractivity contribution >= 4 is 27.3 Å². The van der Waals surface area contributed by atoms with Crippen LogP contribution in [0.3, 0.4) is 0 Å². The fourth-order valence-corrected chi connectivity index (χ4v) is 3.57. The third-order valence-corrected chi connectivity index (χ3v) is 4.69. The van der Waals surface area contributed by atoms with E-state index in [1.165, 1.54) is 18.2 Å². The highest BCUT2D eigenvalue weighted by atomic mass is 35.5. The van der Waals surface area contributed by atoms with Crippen molar-refractivity contribution in [1.82, 2.24) is 4.31 Å². The topological polar surface area (TPSA) is 83.6 Å². The summed E-state index contributed by atoms with van der Waals surface area (Å²) >= 11 is 5.70. The number of nitrogens with two attached hydrogens (primary N) is 1. The molecule has 0 fully saturated rings. The van der Waals surface area contributed by atoms with E-state index in [1.807, 2.05) is 0 Å². The summed E-state index contributed by atoms with van der Waals surface area (Å²) in [6.07, 6.45) is -4.75. The lowest BCUT2D eigenvalue weighted by Crippen LogP contribution is -2.40. The Hall–Kier alpha value is -1.03. The Kier molecular flexibility index (Phi) is 5.25. The number of hydrogen-bond acceptors (Lipinski definition) is 4. The zero-order valence-electron chi connectivity index (χ0n) is 10.1. The second-order valence-electron chi connectivity index (χ2n) is 3.84. The largest absolute Gasteiger partial charge is 0.402 e. The Morgan fingerprint density at radius 2 is 1.95 bits per heavy atom. The maximum Gasteiger partial charge on any atom is 0.402 e. The summed E-state index contributed by atoms with van der Waals surface area (Å²) in [6, 6.07) is 3.79. The van der Waals surface area contributed by atoms with Crippen LogP contribution in [0.2, 0.25) is 5.02 Å². The van der Waals surface area contributed by atoms with Crippen molar-refractivity contribution in [3.8, 4) is 0 Å². The Morgan fingerprint density at radius 3 is 2.40 bits per heavy atom. The van der Waals surface area contributed by atoms with Crippen molar-refractivity contribution in [2.45, 2.75) is 11.1 Å². The molecule has 0 aromatic heterocycles. The monoisotopic (exact) mass is 332 g/mol. The number of nitrogens with zero attached hydrogens (tertiary/aromatic N) is 1. The van der Waals surface area contributed by atoms with Crippen molar-refractivity contribution in [2.24, 2.45) is 0 Å². The molecular weight excluding hydrogens is 321 g/mol. The Bertz CT molecular complexity index is 557. The molecule has 1 aromatic carbocycles. The predicted octanol–water partition coefficient (Wildman–Crippen LogP) is 1.47. The molecular formula is C10H12ClF3N2O3S. The highest BCUT2D eigenvalue weighted by molar-refractivity contribution is 7.89. The summed E-state index contributed by atoms with van der Waals surface area (Å²) < 4.78 is 61.7. The Morgan fingerprint density at radius 1 is 1.35 bits per heavy atom. The van der Waals surface area contributed by atoms with E-state index in [0.717, 1.165) is 0 Å². The molecule has 0 aliphatic heterocycles. The fourth-order valence-electron chi connectivity index (χ4n) is 1.52. The Balaban J connectivity index is 3.30. The molecule has 0 atom stereocenters. The van der Waals surface area contributed by atoms with Gasteiger partial charge in [-0.05, 0) is 12.1 Å². The summed E-state index contributed by atoms with van der Waals surface area (Å²) in [5.74, 6) is 0. The van der Waals surface area contributed by atoms with Gasteiger partial charge in [0.1, 0.15) is 11.4 Å². The van der Waals surface area contributed by atoms with Crippen LogP contribution in [-0.4, -0.2) is 43.7 Å². The molecule has 0 spiro atoms. The minimum absolute atomic E-state index is 0.0879. The fraction of sp³-hybridized carbons (Fsp3) is 0.400. The quantitative estimate of drug-likeness (QED) is 0.800. The third kappa shape index (κ3) is 3.98. The van der Waals surface area contributed by atoms with Crippen LogP contribution in [0.5, 0.6) is 0 Å². The first kappa shape index (κ1) is 17.0. The van der Waals surface area contributed by atoms with Gasteiger partial charge in [-0.2, -0.15) is 17.5 Å². The van der Waals surface area contributed by atoms with E-state index >= 15 is 0 Å². The zero-order valence-corrected chi connectivity index (χ0v) is 11.6. The molecule has 114 valence electrons. The van der Waals surface area contributed by atoms with E-state index < -0.39 is 40.8 Å². The van der Waals surface area contributed by atoms with Gasteiger partial charge >= 0.3 is 6.18 Å². The highest BCUT2D eigenvalue weighted by Gasteiger charge is 2.38. The van der Waals surface area contributed by atoms with Gasteiger partial charge in [0, 0.05) is 6.54 Å². The summed E-state index contributed by atoms with van der Waals surface area (Å²) in [4.78, 5) is -0.598. The van der Waals surface area contributed by atoms with Gasteiger partial charge in [-0.15, -0.1) is 0 Å². The van der Waals surface area contributed by atoms with Gasteiger partial charge in [-0.3, -0.25) is 0 Å². The third-order valence-electron chi connectivity index (χ3n) is 2.30. The molecule has 20 heavy (non-hydrogen) atoms. The summed E-state index contributed by atoms with van der Waals surface area (Å²) in [5.41, 5.74) is 5.21. The van der Waals surface area contributed by atoms with Gasteiger partial charge in [0.05, 0.1) is 17.3 Å². The van der Waals surface area contributed by atoms with Crippen LogP contribution in [0.15, 0.2) is 23.1 Å². The standard InChI is InChI=1S/C10H12ClF3N2O3S/c11-7-2-1-3-8(15)9(7)20(18,19)16(4-5-17)6-10(12,13)14/h1-3,17H,4-6,15H2. The van der Waals surface area contributed by atoms with Gasteiger partial charge in [-0.25, -0.2) is 8.42 Å². The van der Waals surface area contributed by atoms with E-state index in [9.17, 15) is 21.6 Å². The molecule has 3 N–H and O–H groups in total. The average Bonchev–Trinajstić information content (AvgIpc) is 2.26. The zero-order chi connectivity index (χ0) is 15.6. The summed E-state index contributed by atoms with van der Waals surface area (Å²) in [6.45, 7) is -3.22. The van der Waals surface area contributed by atoms with Gasteiger partial charge in [0.2, 0.25) is 10.0 Å². The second kappa shape index (κ2) is 6.17. The van der Waals surface area contributed by atoms with E-state index in [2.05, 4.69) is 0 Å². The maximum absolute atomic E-state index is 12.4. The number of benzene rings is 1. The van der Waals surface area contributed by atoms with Gasteiger partial charge < -0.3 is 10.8 Å². The lowest BCUT2D eigenvalue weighted by molar-refractivity contribution is -0.136. The molecule has 0 amide bonds. The number of nitrogen functional groups attached to an aromatic ring is 1. The molecule has 0 saturated heterocycles. The molecule has 0 saturated carbocycles. The summed E-state index contributed by atoms with van der Waals surface area (Å²) in [7, 11) is -4.56. The van der Waals surface area contributed by atoms with Crippen molar-refractivity contribution in [3.63, 3.8) is 0 Å². The predicted molar refractivity (Wildman–Crippen MR) is 67.8 cm³/mol. The van der Waals surface area contributed by atoms with Crippen molar-refractivity contribution in [3.05, 3.63) is 23.2 Å². The minimum Gasteiger partial charge on any atom is -0.398 e. The second-order valence-corrected chi connectivity index (χ2v) is 6.12. The van der Waals surface area contributed by atoms with Gasteiger partial charge in [-0.1, -0.05) is 17.7 Å². The Labute approximate surface area is 118 Å². The lowest BCUT2D eigenvalue weighted by atomic mass is 10.3. The van der Waals surface area contributed by atoms with Crippen LogP contribution in [0.1, 0.15) is 0 Å². The normalized spacial score (nSPS) is 12.9. The van der Waals surface area contributed by atoms with E-state index in [4.69, 9.17) is 22.4 Å². The molecule has 5 nitrogen and oxygen atoms in total. The lowest BCUT2D eigenvalue weighted by Gasteiger charge is -2.23. The molecule has 0 radical (unpaired) electrons. The summed E-state index contributed by atoms with van der Waals surface area (Å²) in [5, 5.41) is 8.46. The van der Waals surface area contributed by atoms with Crippen LogP contribution >= 0.6 is 11.6 Å². The minimum atomic E-state index is -4.75. The molecule has 10 heteroatoms. The molecule has 0 aliphatic carbocycles. The number of sulfonamides is 1. The molecule has 0 unspecified atom stereocenters. The van der Waals surface area contributed by atoms with E-state index in [1.54, 1.807) is 0 Å². The average molecular weight is 333 g/mol. The van der Waals surface area contributed by atoms with Crippen LogP contribution in [0.25, 0.3) is 0 Å². The SMILES string of the molecule is Nc1cccc(Cl)c1S(=O)(=O)N(CCO)CC(F)(F)F. The number of hydrogen-bond donors (Lipinski definition) is 2. The van der Waals surface area contributed by atoms with Crippen LogP contribution in [-0.2, 0) is 10.0 Å². The number of aliphatic hydroxyl groups is 1. The first-order valence-corrected chi connectivity index (χ1v) is 7.13. The number of rotatable bonds is 5. The number of anilines is 1. The number of alkyl halides is 3. The number of halogens is 4.